The fourth-order valence-electron chi connectivity index (χ4n) is 0.992. The van der Waals surface area contributed by atoms with Gasteiger partial charge in [0.25, 0.3) is 0 Å². The largest absolute Gasteiger partial charge is 0.468 e. The molecule has 0 aliphatic heterocycles. The molecule has 1 heterocycles. The van der Waals surface area contributed by atoms with Crippen LogP contribution in [-0.2, 0) is 16.1 Å². The van der Waals surface area contributed by atoms with E-state index >= 15 is 0 Å². The molecule has 1 rings (SSSR count). The zero-order valence-electron chi connectivity index (χ0n) is 8.34. The van der Waals surface area contributed by atoms with Crippen LogP contribution in [0.2, 0.25) is 0 Å². The SMILES string of the molecule is COC(=O)[C@H](C)NCc1cc(Br)c(Br)o1. The predicted molar refractivity (Wildman–Crippen MR) is 62.4 cm³/mol. The Balaban J connectivity index is 2.47. The summed E-state index contributed by atoms with van der Waals surface area (Å²) in [6.45, 7) is 2.21. The number of halogens is 2. The minimum Gasteiger partial charge on any atom is -0.468 e. The van der Waals surface area contributed by atoms with Crippen molar-refractivity contribution in [1.82, 2.24) is 5.32 Å². The number of ether oxygens (including phenoxy) is 1. The van der Waals surface area contributed by atoms with E-state index in [2.05, 4.69) is 41.9 Å². The Morgan fingerprint density at radius 3 is 2.80 bits per heavy atom. The lowest BCUT2D eigenvalue weighted by Crippen LogP contribution is -2.34. The van der Waals surface area contributed by atoms with E-state index in [4.69, 9.17) is 4.42 Å². The van der Waals surface area contributed by atoms with Crippen molar-refractivity contribution in [2.24, 2.45) is 0 Å². The number of furan rings is 1. The van der Waals surface area contributed by atoms with Gasteiger partial charge in [-0.1, -0.05) is 0 Å². The van der Waals surface area contributed by atoms with Crippen molar-refractivity contribution in [3.63, 3.8) is 0 Å². The van der Waals surface area contributed by atoms with Crippen molar-refractivity contribution in [3.8, 4) is 0 Å². The highest BCUT2D eigenvalue weighted by atomic mass is 79.9. The van der Waals surface area contributed by atoms with Crippen molar-refractivity contribution >= 4 is 37.8 Å². The molecule has 0 saturated heterocycles. The summed E-state index contributed by atoms with van der Waals surface area (Å²) in [5.41, 5.74) is 0. The molecule has 15 heavy (non-hydrogen) atoms. The van der Waals surface area contributed by atoms with Gasteiger partial charge in [0.05, 0.1) is 18.1 Å². The quantitative estimate of drug-likeness (QED) is 0.855. The lowest BCUT2D eigenvalue weighted by Gasteiger charge is -2.09. The van der Waals surface area contributed by atoms with Crippen LogP contribution in [0, 0.1) is 0 Å². The number of esters is 1. The van der Waals surface area contributed by atoms with Crippen molar-refractivity contribution in [2.45, 2.75) is 19.5 Å². The summed E-state index contributed by atoms with van der Waals surface area (Å²) in [5.74, 6) is 0.448. The second kappa shape index (κ2) is 5.67. The van der Waals surface area contributed by atoms with Crippen molar-refractivity contribution in [2.75, 3.05) is 7.11 Å². The van der Waals surface area contributed by atoms with Gasteiger partial charge in [-0.15, -0.1) is 0 Å². The first-order valence-electron chi connectivity index (χ1n) is 4.29. The molecule has 4 nitrogen and oxygen atoms in total. The van der Waals surface area contributed by atoms with Crippen molar-refractivity contribution in [3.05, 3.63) is 21.0 Å². The van der Waals surface area contributed by atoms with Gasteiger partial charge in [-0.2, -0.15) is 0 Å². The van der Waals surface area contributed by atoms with Crippen molar-refractivity contribution < 1.29 is 13.9 Å². The minimum absolute atomic E-state index is 0.292. The number of rotatable bonds is 4. The van der Waals surface area contributed by atoms with Crippen LogP contribution in [0.15, 0.2) is 19.6 Å². The standard InChI is InChI=1S/C9H11Br2NO3/c1-5(9(13)14-2)12-4-6-3-7(10)8(11)15-6/h3,5,12H,4H2,1-2H3/t5-/m0/s1. The van der Waals surface area contributed by atoms with E-state index in [1.807, 2.05) is 6.07 Å². The van der Waals surface area contributed by atoms with Crippen molar-refractivity contribution in [1.29, 1.82) is 0 Å². The van der Waals surface area contributed by atoms with Gasteiger partial charge >= 0.3 is 5.97 Å². The molecule has 0 unspecified atom stereocenters. The van der Waals surface area contributed by atoms with E-state index in [9.17, 15) is 4.79 Å². The maximum Gasteiger partial charge on any atom is 0.322 e. The number of nitrogens with one attached hydrogen (secondary N) is 1. The average molecular weight is 341 g/mol. The van der Waals surface area contributed by atoms with E-state index < -0.39 is 0 Å². The van der Waals surface area contributed by atoms with E-state index in [0.717, 1.165) is 10.2 Å². The zero-order chi connectivity index (χ0) is 11.4. The Morgan fingerprint density at radius 1 is 1.67 bits per heavy atom. The summed E-state index contributed by atoms with van der Waals surface area (Å²) in [6, 6.07) is 1.49. The number of hydrogen-bond acceptors (Lipinski definition) is 4. The van der Waals surface area contributed by atoms with Crippen LogP contribution in [0.25, 0.3) is 0 Å². The first kappa shape index (κ1) is 12.7. The Morgan fingerprint density at radius 2 is 2.33 bits per heavy atom. The minimum atomic E-state index is -0.349. The van der Waals surface area contributed by atoms with Gasteiger partial charge in [-0.05, 0) is 44.8 Å². The number of hydrogen-bond donors (Lipinski definition) is 1. The third-order valence-corrected chi connectivity index (χ3v) is 3.54. The van der Waals surface area contributed by atoms with E-state index in [-0.39, 0.29) is 12.0 Å². The van der Waals surface area contributed by atoms with E-state index in [1.165, 1.54) is 7.11 Å². The lowest BCUT2D eigenvalue weighted by molar-refractivity contribution is -0.142. The first-order valence-corrected chi connectivity index (χ1v) is 5.88. The molecule has 1 atom stereocenters. The van der Waals surface area contributed by atoms with Crippen LogP contribution >= 0.6 is 31.9 Å². The van der Waals surface area contributed by atoms with Gasteiger partial charge in [-0.25, -0.2) is 0 Å². The Labute approximate surface area is 105 Å². The molecule has 0 spiro atoms. The molecule has 0 aliphatic rings. The third kappa shape index (κ3) is 3.62. The topological polar surface area (TPSA) is 51.5 Å². The maximum absolute atomic E-state index is 11.1. The molecular weight excluding hydrogens is 330 g/mol. The number of carbonyl (C=O) groups is 1. The van der Waals surface area contributed by atoms with Gasteiger partial charge in [0.2, 0.25) is 0 Å². The number of methoxy groups -OCH3 is 1. The highest BCUT2D eigenvalue weighted by molar-refractivity contribution is 9.13. The summed E-state index contributed by atoms with van der Waals surface area (Å²) in [7, 11) is 1.36. The molecule has 1 aromatic heterocycles. The molecule has 0 aromatic carbocycles. The molecular formula is C9H11Br2NO3. The normalized spacial score (nSPS) is 12.5. The summed E-state index contributed by atoms with van der Waals surface area (Å²) in [5, 5.41) is 2.98. The summed E-state index contributed by atoms with van der Waals surface area (Å²) in [6.07, 6.45) is 0. The van der Waals surface area contributed by atoms with Gasteiger partial charge < -0.3 is 9.15 Å². The highest BCUT2D eigenvalue weighted by Crippen LogP contribution is 2.26. The summed E-state index contributed by atoms with van der Waals surface area (Å²) >= 11 is 6.54. The fraction of sp³-hybridized carbons (Fsp3) is 0.444. The Kier molecular flexibility index (Phi) is 4.82. The van der Waals surface area contributed by atoms with Gasteiger partial charge in [0, 0.05) is 0 Å². The van der Waals surface area contributed by atoms with Gasteiger partial charge in [-0.3, -0.25) is 10.1 Å². The van der Waals surface area contributed by atoms with Gasteiger partial charge in [0.15, 0.2) is 4.67 Å². The second-order valence-electron chi connectivity index (χ2n) is 2.96. The third-order valence-electron chi connectivity index (χ3n) is 1.83. The van der Waals surface area contributed by atoms with Crippen LogP contribution in [0.3, 0.4) is 0 Å². The Hall–Kier alpha value is -0.330. The Bertz CT molecular complexity index is 332. The van der Waals surface area contributed by atoms with Crippen LogP contribution in [-0.4, -0.2) is 19.1 Å². The average Bonchev–Trinajstić information content (AvgIpc) is 2.54. The molecule has 1 aromatic rings. The molecule has 0 saturated carbocycles. The summed E-state index contributed by atoms with van der Waals surface area (Å²) < 4.78 is 11.4. The number of carbonyl (C=O) groups excluding carboxylic acids is 1. The molecule has 0 bridgehead atoms. The molecule has 0 amide bonds. The van der Waals surface area contributed by atoms with Crippen LogP contribution in [0.1, 0.15) is 12.7 Å². The van der Waals surface area contributed by atoms with E-state index in [1.54, 1.807) is 6.92 Å². The molecule has 0 aliphatic carbocycles. The monoisotopic (exact) mass is 339 g/mol. The van der Waals surface area contributed by atoms with Crippen LogP contribution < -0.4 is 5.32 Å². The predicted octanol–water partition coefficient (Wildman–Crippen LogP) is 2.46. The zero-order valence-corrected chi connectivity index (χ0v) is 11.5. The molecule has 0 fully saturated rings. The molecule has 0 radical (unpaired) electrons. The van der Waals surface area contributed by atoms with Crippen LogP contribution in [0.4, 0.5) is 0 Å². The molecule has 84 valence electrons. The molecule has 1 N–H and O–H groups in total. The van der Waals surface area contributed by atoms with E-state index in [0.29, 0.717) is 11.2 Å². The van der Waals surface area contributed by atoms with Gasteiger partial charge in [0.1, 0.15) is 11.8 Å². The highest BCUT2D eigenvalue weighted by Gasteiger charge is 2.13. The van der Waals surface area contributed by atoms with Crippen LogP contribution in [0.5, 0.6) is 0 Å². The maximum atomic E-state index is 11.1. The summed E-state index contributed by atoms with van der Waals surface area (Å²) in [4.78, 5) is 11.1. The fourth-order valence-corrected chi connectivity index (χ4v) is 1.65. The molecule has 6 heteroatoms. The smallest absolute Gasteiger partial charge is 0.322 e. The first-order chi connectivity index (χ1) is 7.04. The lowest BCUT2D eigenvalue weighted by atomic mass is 10.3. The second-order valence-corrected chi connectivity index (χ2v) is 4.53.